The summed E-state index contributed by atoms with van der Waals surface area (Å²) < 4.78 is 22.9. The Hall–Kier alpha value is -0.700. The second-order valence-corrected chi connectivity index (χ2v) is 20.6. The smallest absolute Gasteiger partial charge is 0.390 e. The van der Waals surface area contributed by atoms with Crippen molar-refractivity contribution < 1.29 is 59.0 Å². The Kier molecular flexibility index (Phi) is 38.5. The minimum absolute atomic E-state index is 0.156. The van der Waals surface area contributed by atoms with Gasteiger partial charge in [0.2, 0.25) is 5.91 Å². The largest absolute Gasteiger partial charge is 0.472 e. The van der Waals surface area contributed by atoms with Crippen LogP contribution in [0.15, 0.2) is 0 Å². The highest BCUT2D eigenvalue weighted by atomic mass is 31.2. The highest BCUT2D eigenvalue weighted by Crippen LogP contribution is 2.47. The van der Waals surface area contributed by atoms with Crippen LogP contribution in [0.5, 0.6) is 0 Å². The van der Waals surface area contributed by atoms with E-state index in [-0.39, 0.29) is 12.8 Å². The van der Waals surface area contributed by atoms with Gasteiger partial charge < -0.3 is 46.0 Å². The maximum Gasteiger partial charge on any atom is 0.472 e. The van der Waals surface area contributed by atoms with Gasteiger partial charge in [0, 0.05) is 6.42 Å². The van der Waals surface area contributed by atoms with Gasteiger partial charge in [0.15, 0.2) is 0 Å². The maximum absolute atomic E-state index is 13.0. The zero-order chi connectivity index (χ0) is 47.3. The predicted molar refractivity (Wildman–Crippen MR) is 257 cm³/mol. The van der Waals surface area contributed by atoms with Crippen molar-refractivity contribution in [3.05, 3.63) is 0 Å². The fourth-order valence-electron chi connectivity index (χ4n) is 8.89. The summed E-state index contributed by atoms with van der Waals surface area (Å²) in [6.45, 7) is 3.73. The zero-order valence-corrected chi connectivity index (χ0v) is 41.6. The number of phosphoric acid groups is 1. The molecule has 10 atom stereocenters. The van der Waals surface area contributed by atoms with E-state index in [1.807, 2.05) is 0 Å². The molecule has 1 aliphatic rings. The minimum atomic E-state index is -5.15. The van der Waals surface area contributed by atoms with Gasteiger partial charge in [-0.25, -0.2) is 4.57 Å². The number of nitrogens with one attached hydrogen (secondary N) is 1. The monoisotopic (exact) mass is 938 g/mol. The lowest BCUT2D eigenvalue weighted by Crippen LogP contribution is -2.64. The highest BCUT2D eigenvalue weighted by molar-refractivity contribution is 7.47. The molecule has 1 fully saturated rings. The molecule has 0 aliphatic heterocycles. The second kappa shape index (κ2) is 40.2. The van der Waals surface area contributed by atoms with Gasteiger partial charge in [0.1, 0.15) is 42.7 Å². The Bertz CT molecular complexity index is 1110. The summed E-state index contributed by atoms with van der Waals surface area (Å²) >= 11 is 0. The molecule has 1 amide bonds. The average Bonchev–Trinajstić information content (AvgIpc) is 3.28. The summed E-state index contributed by atoms with van der Waals surface area (Å²) in [6.07, 6.45) is 28.6. The van der Waals surface area contributed by atoms with Crippen LogP contribution in [-0.2, 0) is 18.4 Å². The molecule has 64 heavy (non-hydrogen) atoms. The van der Waals surface area contributed by atoms with Crippen LogP contribution in [0.25, 0.3) is 0 Å². The van der Waals surface area contributed by atoms with Crippen LogP contribution in [0.2, 0.25) is 0 Å². The molecule has 0 heterocycles. The molecule has 13 nitrogen and oxygen atoms in total. The summed E-state index contributed by atoms with van der Waals surface area (Å²) in [4.78, 5) is 23.5. The van der Waals surface area contributed by atoms with Crippen molar-refractivity contribution in [3.63, 3.8) is 0 Å². The van der Waals surface area contributed by atoms with Crippen molar-refractivity contribution in [1.82, 2.24) is 5.32 Å². The molecule has 0 aromatic rings. The van der Waals surface area contributed by atoms with Gasteiger partial charge in [-0.2, -0.15) is 0 Å². The Morgan fingerprint density at radius 1 is 0.484 bits per heavy atom. The number of hydrogen-bond donors (Lipinski definition) is 9. The van der Waals surface area contributed by atoms with Gasteiger partial charge in [-0.3, -0.25) is 13.8 Å². The van der Waals surface area contributed by atoms with Gasteiger partial charge in [0.05, 0.1) is 18.8 Å². The first-order valence-corrected chi connectivity index (χ1v) is 28.1. The average molecular weight is 938 g/mol. The summed E-state index contributed by atoms with van der Waals surface area (Å²) in [6, 6.07) is -1.30. The molecule has 6 unspecified atom stereocenters. The van der Waals surface area contributed by atoms with Crippen molar-refractivity contribution >= 4 is 13.7 Å². The molecule has 0 spiro atoms. The first kappa shape index (κ1) is 61.3. The molecule has 0 saturated heterocycles. The summed E-state index contributed by atoms with van der Waals surface area (Å²) in [5.41, 5.74) is 0. The van der Waals surface area contributed by atoms with Gasteiger partial charge >= 0.3 is 7.82 Å². The number of aliphatic hydroxyl groups is 7. The third-order valence-corrected chi connectivity index (χ3v) is 14.2. The van der Waals surface area contributed by atoms with Crippen molar-refractivity contribution in [2.45, 2.75) is 306 Å². The molecule has 0 bridgehead atoms. The van der Waals surface area contributed by atoms with E-state index in [1.54, 1.807) is 0 Å². The molecule has 0 radical (unpaired) electrons. The molecule has 0 aromatic heterocycles. The molecular weight excluding hydrogens is 838 g/mol. The first-order valence-electron chi connectivity index (χ1n) is 26.6. The molecule has 1 rings (SSSR count). The van der Waals surface area contributed by atoms with Crippen LogP contribution < -0.4 is 5.32 Å². The van der Waals surface area contributed by atoms with Crippen molar-refractivity contribution in [2.24, 2.45) is 0 Å². The SMILES string of the molecule is CCCCCCCCCCCCCCCCCCCCCCCCCC(=O)N[C@@H](COP(=O)(O)OC1C(O)C(O)C(O)[C@@H](O)C1O)[C@H](O)[C@H](O)CCCCCCCCCCCCCC. The van der Waals surface area contributed by atoms with E-state index in [1.165, 1.54) is 173 Å². The number of carbonyl (C=O) groups excluding carboxylic acids is 1. The van der Waals surface area contributed by atoms with Gasteiger partial charge in [-0.1, -0.05) is 232 Å². The van der Waals surface area contributed by atoms with Gasteiger partial charge in [-0.15, -0.1) is 0 Å². The van der Waals surface area contributed by atoms with Crippen LogP contribution in [0.3, 0.4) is 0 Å². The topological polar surface area (TPSA) is 226 Å². The molecular formula is C50H100NO12P. The second-order valence-electron chi connectivity index (χ2n) is 19.2. The number of hydrogen-bond acceptors (Lipinski definition) is 11. The van der Waals surface area contributed by atoms with Crippen LogP contribution in [0, 0.1) is 0 Å². The summed E-state index contributed by atoms with van der Waals surface area (Å²) in [5, 5.41) is 75.1. The van der Waals surface area contributed by atoms with Crippen LogP contribution >= 0.6 is 7.82 Å². The molecule has 9 N–H and O–H groups in total. The van der Waals surface area contributed by atoms with Crippen molar-refractivity contribution in [1.29, 1.82) is 0 Å². The lowest BCUT2D eigenvalue weighted by molar-refractivity contribution is -0.220. The number of carbonyl (C=O) groups is 1. The molecule has 0 aromatic carbocycles. The Morgan fingerprint density at radius 2 is 0.781 bits per heavy atom. The van der Waals surface area contributed by atoms with Crippen molar-refractivity contribution in [2.75, 3.05) is 6.61 Å². The number of unbranched alkanes of at least 4 members (excludes halogenated alkanes) is 33. The van der Waals surface area contributed by atoms with Crippen LogP contribution in [-0.4, -0.2) is 108 Å². The lowest BCUT2D eigenvalue weighted by atomic mass is 9.85. The molecule has 382 valence electrons. The molecule has 1 saturated carbocycles. The maximum atomic E-state index is 13.0. The van der Waals surface area contributed by atoms with Gasteiger partial charge in [-0.05, 0) is 12.8 Å². The summed E-state index contributed by atoms with van der Waals surface area (Å²) in [7, 11) is -5.15. The van der Waals surface area contributed by atoms with Gasteiger partial charge in [0.25, 0.3) is 0 Å². The third kappa shape index (κ3) is 30.6. The third-order valence-electron chi connectivity index (χ3n) is 13.3. The normalized spacial score (nSPS) is 22.6. The molecule has 14 heteroatoms. The Labute approximate surface area is 389 Å². The minimum Gasteiger partial charge on any atom is -0.390 e. The quantitative estimate of drug-likeness (QED) is 0.0205. The molecule has 1 aliphatic carbocycles. The Morgan fingerprint density at radius 3 is 1.12 bits per heavy atom. The number of phosphoric ester groups is 1. The highest BCUT2D eigenvalue weighted by Gasteiger charge is 2.51. The first-order chi connectivity index (χ1) is 30.9. The van der Waals surface area contributed by atoms with Crippen LogP contribution in [0.4, 0.5) is 0 Å². The van der Waals surface area contributed by atoms with E-state index in [0.29, 0.717) is 12.8 Å². The zero-order valence-electron chi connectivity index (χ0n) is 40.7. The lowest BCUT2D eigenvalue weighted by Gasteiger charge is -2.41. The fraction of sp³-hybridized carbons (Fsp3) is 0.980. The number of rotatable bonds is 45. The van der Waals surface area contributed by atoms with Crippen LogP contribution in [0.1, 0.15) is 251 Å². The Balaban J connectivity index is 2.38. The van der Waals surface area contributed by atoms with E-state index < -0.39 is 75.2 Å². The van der Waals surface area contributed by atoms with E-state index >= 15 is 0 Å². The fourth-order valence-corrected chi connectivity index (χ4v) is 9.86. The van der Waals surface area contributed by atoms with E-state index in [4.69, 9.17) is 9.05 Å². The van der Waals surface area contributed by atoms with E-state index in [2.05, 4.69) is 19.2 Å². The van der Waals surface area contributed by atoms with E-state index in [9.17, 15) is 50.0 Å². The summed E-state index contributed by atoms with van der Waals surface area (Å²) in [5.74, 6) is -0.416. The van der Waals surface area contributed by atoms with E-state index in [0.717, 1.165) is 38.5 Å². The number of amides is 1. The number of aliphatic hydroxyl groups excluding tert-OH is 7. The predicted octanol–water partition coefficient (Wildman–Crippen LogP) is 9.99. The van der Waals surface area contributed by atoms with Crippen molar-refractivity contribution in [3.8, 4) is 0 Å². The standard InChI is InChI=1S/C50H100NO12P/c1-3-5-7-9-11-13-15-17-18-19-20-21-22-23-24-25-26-27-29-31-33-35-37-39-43(53)51-41(40-62-64(60,61)63-50-48(58)46(56)45(55)47(57)49(50)59)44(54)42(52)38-36-34-32-30-28-16-14-12-10-8-6-4-2/h41-42,44-50,52,54-59H,3-40H2,1-2H3,(H,51,53)(H,60,61)/t41-,42+,44-,45?,46+,47?,48?,49?,50?/m0/s1.